The molecule has 1 atom stereocenters. The monoisotopic (exact) mass is 236 g/mol. The van der Waals surface area contributed by atoms with Crippen molar-refractivity contribution in [3.8, 4) is 0 Å². The van der Waals surface area contributed by atoms with Crippen LogP contribution in [0.15, 0.2) is 30.3 Å². The zero-order valence-corrected chi connectivity index (χ0v) is 9.76. The first-order valence-electron chi connectivity index (χ1n) is 5.58. The molecule has 5 heteroatoms. The van der Waals surface area contributed by atoms with Crippen LogP contribution in [0.5, 0.6) is 0 Å². The smallest absolute Gasteiger partial charge is 0.224 e. The third-order valence-corrected chi connectivity index (χ3v) is 2.44. The molecule has 1 unspecified atom stereocenters. The summed E-state index contributed by atoms with van der Waals surface area (Å²) in [5.41, 5.74) is 0.750. The highest BCUT2D eigenvalue weighted by atomic mass is 16.6. The van der Waals surface area contributed by atoms with Gasteiger partial charge in [0, 0.05) is 30.4 Å². The number of amides is 1. The van der Waals surface area contributed by atoms with Crippen molar-refractivity contribution in [2.45, 2.75) is 32.2 Å². The minimum Gasteiger partial charge on any atom is -0.326 e. The van der Waals surface area contributed by atoms with Crippen molar-refractivity contribution in [3.63, 3.8) is 0 Å². The Hall–Kier alpha value is -1.91. The lowest BCUT2D eigenvalue weighted by Crippen LogP contribution is -2.16. The second-order valence-electron chi connectivity index (χ2n) is 3.94. The van der Waals surface area contributed by atoms with Crippen LogP contribution in [-0.2, 0) is 4.79 Å². The summed E-state index contributed by atoms with van der Waals surface area (Å²) in [5.74, 6) is -0.105. The maximum Gasteiger partial charge on any atom is 0.224 e. The summed E-state index contributed by atoms with van der Waals surface area (Å²) in [6.45, 7) is 1.55. The van der Waals surface area contributed by atoms with Crippen molar-refractivity contribution < 1.29 is 9.72 Å². The van der Waals surface area contributed by atoms with Crippen molar-refractivity contribution >= 4 is 11.6 Å². The minimum atomic E-state index is -0.584. The van der Waals surface area contributed by atoms with Gasteiger partial charge in [-0.25, -0.2) is 0 Å². The van der Waals surface area contributed by atoms with Crippen LogP contribution in [0.1, 0.15) is 26.2 Å². The molecule has 1 aromatic carbocycles. The molecule has 17 heavy (non-hydrogen) atoms. The van der Waals surface area contributed by atoms with Crippen LogP contribution < -0.4 is 5.32 Å². The Morgan fingerprint density at radius 3 is 2.65 bits per heavy atom. The molecule has 1 rings (SSSR count). The number of carbonyl (C=O) groups excluding carboxylic acids is 1. The first-order valence-corrected chi connectivity index (χ1v) is 5.58. The molecule has 0 aliphatic heterocycles. The van der Waals surface area contributed by atoms with E-state index in [4.69, 9.17) is 0 Å². The zero-order valence-electron chi connectivity index (χ0n) is 9.76. The standard InChI is InChI=1S/C12H16N2O3/c1-10(14(16)17)6-5-9-12(15)13-11-7-3-2-4-8-11/h2-4,7-8,10H,5-6,9H2,1H3,(H,13,15). The molecule has 5 nitrogen and oxygen atoms in total. The lowest BCUT2D eigenvalue weighted by atomic mass is 10.1. The molecule has 0 heterocycles. The molecule has 0 saturated heterocycles. The van der Waals surface area contributed by atoms with E-state index in [-0.39, 0.29) is 10.8 Å². The average Bonchev–Trinajstić information content (AvgIpc) is 2.30. The zero-order chi connectivity index (χ0) is 12.7. The Morgan fingerprint density at radius 2 is 2.06 bits per heavy atom. The van der Waals surface area contributed by atoms with Gasteiger partial charge in [0.05, 0.1) is 0 Å². The summed E-state index contributed by atoms with van der Waals surface area (Å²) in [4.78, 5) is 21.5. The topological polar surface area (TPSA) is 72.2 Å². The molecule has 1 aromatic rings. The van der Waals surface area contributed by atoms with Crippen molar-refractivity contribution in [1.82, 2.24) is 0 Å². The number of nitrogens with one attached hydrogen (secondary N) is 1. The third kappa shape index (κ3) is 5.10. The molecule has 0 aromatic heterocycles. The van der Waals surface area contributed by atoms with Crippen LogP contribution in [0.3, 0.4) is 0 Å². The Bertz CT molecular complexity index is 379. The van der Waals surface area contributed by atoms with Gasteiger partial charge in [0.2, 0.25) is 11.9 Å². The number of rotatable bonds is 6. The first kappa shape index (κ1) is 13.2. The van der Waals surface area contributed by atoms with Crippen LogP contribution >= 0.6 is 0 Å². The lowest BCUT2D eigenvalue weighted by molar-refractivity contribution is -0.518. The van der Waals surface area contributed by atoms with Crippen molar-refractivity contribution in [2.75, 3.05) is 5.32 Å². The molecular weight excluding hydrogens is 220 g/mol. The fraction of sp³-hybridized carbons (Fsp3) is 0.417. The molecule has 0 saturated carbocycles. The highest BCUT2D eigenvalue weighted by Gasteiger charge is 2.12. The fourth-order valence-corrected chi connectivity index (χ4v) is 1.41. The number of nitrogens with zero attached hydrogens (tertiary/aromatic N) is 1. The maximum absolute atomic E-state index is 11.5. The molecule has 1 N–H and O–H groups in total. The lowest BCUT2D eigenvalue weighted by Gasteiger charge is -2.05. The van der Waals surface area contributed by atoms with Gasteiger partial charge < -0.3 is 5.32 Å². The van der Waals surface area contributed by atoms with Gasteiger partial charge in [0.25, 0.3) is 0 Å². The molecule has 0 aliphatic carbocycles. The summed E-state index contributed by atoms with van der Waals surface area (Å²) in [5, 5.41) is 13.1. The normalized spacial score (nSPS) is 11.8. The second-order valence-corrected chi connectivity index (χ2v) is 3.94. The van der Waals surface area contributed by atoms with E-state index in [1.54, 1.807) is 19.1 Å². The first-order chi connectivity index (χ1) is 8.09. The van der Waals surface area contributed by atoms with Gasteiger partial charge in [-0.3, -0.25) is 14.9 Å². The predicted octanol–water partition coefficient (Wildman–Crippen LogP) is 2.46. The molecule has 0 aliphatic rings. The summed E-state index contributed by atoms with van der Waals surface area (Å²) >= 11 is 0. The molecule has 92 valence electrons. The van der Waals surface area contributed by atoms with Gasteiger partial charge in [-0.05, 0) is 18.6 Å². The summed E-state index contributed by atoms with van der Waals surface area (Å²) in [7, 11) is 0. The van der Waals surface area contributed by atoms with Gasteiger partial charge in [-0.15, -0.1) is 0 Å². The van der Waals surface area contributed by atoms with E-state index in [2.05, 4.69) is 5.32 Å². The van der Waals surface area contributed by atoms with E-state index >= 15 is 0 Å². The maximum atomic E-state index is 11.5. The van der Waals surface area contributed by atoms with E-state index in [1.165, 1.54) is 0 Å². The minimum absolute atomic E-state index is 0.105. The van der Waals surface area contributed by atoms with Crippen LogP contribution in [0.4, 0.5) is 5.69 Å². The fourth-order valence-electron chi connectivity index (χ4n) is 1.41. The molecule has 1 amide bonds. The van der Waals surface area contributed by atoms with Crippen LogP contribution in [0.2, 0.25) is 0 Å². The van der Waals surface area contributed by atoms with Gasteiger partial charge >= 0.3 is 0 Å². The quantitative estimate of drug-likeness (QED) is 0.609. The number of hydrogen-bond donors (Lipinski definition) is 1. The number of para-hydroxylation sites is 1. The molecule has 0 bridgehead atoms. The van der Waals surface area contributed by atoms with Gasteiger partial charge in [0.1, 0.15) is 0 Å². The van der Waals surface area contributed by atoms with Crippen LogP contribution in [0.25, 0.3) is 0 Å². The Balaban J connectivity index is 2.25. The van der Waals surface area contributed by atoms with Crippen molar-refractivity contribution in [1.29, 1.82) is 0 Å². The van der Waals surface area contributed by atoms with Crippen molar-refractivity contribution in [2.24, 2.45) is 0 Å². The van der Waals surface area contributed by atoms with E-state index in [0.29, 0.717) is 19.3 Å². The number of benzene rings is 1. The predicted molar refractivity (Wildman–Crippen MR) is 65.4 cm³/mol. The van der Waals surface area contributed by atoms with E-state index in [9.17, 15) is 14.9 Å². The van der Waals surface area contributed by atoms with Crippen molar-refractivity contribution in [3.05, 3.63) is 40.4 Å². The molecule has 0 spiro atoms. The van der Waals surface area contributed by atoms with Gasteiger partial charge in [-0.2, -0.15) is 0 Å². The largest absolute Gasteiger partial charge is 0.326 e. The number of nitro groups is 1. The van der Waals surface area contributed by atoms with Gasteiger partial charge in [0.15, 0.2) is 0 Å². The van der Waals surface area contributed by atoms with E-state index < -0.39 is 6.04 Å². The summed E-state index contributed by atoms with van der Waals surface area (Å²) in [6, 6.07) is 8.57. The van der Waals surface area contributed by atoms with E-state index in [0.717, 1.165) is 5.69 Å². The summed E-state index contributed by atoms with van der Waals surface area (Å²) < 4.78 is 0. The highest BCUT2D eigenvalue weighted by molar-refractivity contribution is 5.90. The third-order valence-electron chi connectivity index (χ3n) is 2.44. The summed E-state index contributed by atoms with van der Waals surface area (Å²) in [6.07, 6.45) is 1.27. The Kier molecular flexibility index (Phi) is 5.13. The molecular formula is C12H16N2O3. The van der Waals surface area contributed by atoms with Gasteiger partial charge in [-0.1, -0.05) is 18.2 Å². The van der Waals surface area contributed by atoms with Crippen LogP contribution in [-0.4, -0.2) is 16.9 Å². The Labute approximate surface area is 100.0 Å². The SMILES string of the molecule is CC(CCCC(=O)Nc1ccccc1)[N+](=O)[O-]. The van der Waals surface area contributed by atoms with Crippen LogP contribution in [0, 0.1) is 10.1 Å². The molecule has 0 fully saturated rings. The average molecular weight is 236 g/mol. The molecule has 0 radical (unpaired) electrons. The second kappa shape index (κ2) is 6.62. The number of hydrogen-bond acceptors (Lipinski definition) is 3. The van der Waals surface area contributed by atoms with E-state index in [1.807, 2.05) is 18.2 Å². The number of carbonyl (C=O) groups is 1. The Morgan fingerprint density at radius 1 is 1.41 bits per heavy atom. The highest BCUT2D eigenvalue weighted by Crippen LogP contribution is 2.08. The number of anilines is 1.